The molecule has 1 unspecified atom stereocenters. The van der Waals surface area contributed by atoms with Crippen molar-refractivity contribution in [2.75, 3.05) is 18.1 Å². The van der Waals surface area contributed by atoms with Crippen molar-refractivity contribution in [3.8, 4) is 0 Å². The van der Waals surface area contributed by atoms with Crippen LogP contribution >= 0.6 is 0 Å². The summed E-state index contributed by atoms with van der Waals surface area (Å²) in [7, 11) is -1.14. The van der Waals surface area contributed by atoms with Crippen LogP contribution < -0.4 is 0 Å². The van der Waals surface area contributed by atoms with Gasteiger partial charge in [-0.15, -0.1) is 0 Å². The zero-order valence-corrected chi connectivity index (χ0v) is 12.8. The van der Waals surface area contributed by atoms with E-state index in [4.69, 9.17) is 0 Å². The van der Waals surface area contributed by atoms with Gasteiger partial charge in [0.05, 0.1) is 24.0 Å². The molecule has 1 saturated heterocycles. The van der Waals surface area contributed by atoms with Crippen LogP contribution in [0.3, 0.4) is 0 Å². The first-order valence-corrected chi connectivity index (χ1v) is 8.70. The summed E-state index contributed by atoms with van der Waals surface area (Å²) < 4.78 is 24.9. The van der Waals surface area contributed by atoms with E-state index >= 15 is 0 Å². The second-order valence-corrected chi connectivity index (χ2v) is 7.54. The summed E-state index contributed by atoms with van der Waals surface area (Å²) in [5.41, 5.74) is 0. The number of rotatable bonds is 5. The summed E-state index contributed by atoms with van der Waals surface area (Å²) in [6.07, 6.45) is 4.82. The van der Waals surface area contributed by atoms with Crippen molar-refractivity contribution in [1.29, 1.82) is 0 Å². The molecule has 0 aromatic carbocycles. The third-order valence-corrected chi connectivity index (χ3v) is 5.41. The molecule has 0 radical (unpaired) electrons. The molecule has 2 rings (SSSR count). The van der Waals surface area contributed by atoms with Crippen LogP contribution in [0, 0.1) is 5.92 Å². The fourth-order valence-electron chi connectivity index (χ4n) is 2.50. The minimum atomic E-state index is -3.03. The maximum Gasteiger partial charge on any atom is 0.227 e. The van der Waals surface area contributed by atoms with Gasteiger partial charge in [-0.1, -0.05) is 6.92 Å². The van der Waals surface area contributed by atoms with Gasteiger partial charge in [0, 0.05) is 26.0 Å². The molecule has 2 heterocycles. The fraction of sp³-hybridized carbons (Fsp3) is 0.692. The molecule has 1 aromatic heterocycles. The average Bonchev–Trinajstić information content (AvgIpc) is 2.94. The van der Waals surface area contributed by atoms with Gasteiger partial charge in [0.25, 0.3) is 0 Å². The monoisotopic (exact) mass is 299 g/mol. The van der Waals surface area contributed by atoms with E-state index in [1.54, 1.807) is 11.1 Å². The fourth-order valence-corrected chi connectivity index (χ4v) is 4.24. The maximum atomic E-state index is 12.5. The highest BCUT2D eigenvalue weighted by atomic mass is 32.2. The zero-order valence-electron chi connectivity index (χ0n) is 11.9. The molecule has 0 N–H and O–H groups in total. The van der Waals surface area contributed by atoms with E-state index in [2.05, 4.69) is 4.98 Å². The van der Waals surface area contributed by atoms with Crippen molar-refractivity contribution in [1.82, 2.24) is 14.5 Å². The summed E-state index contributed by atoms with van der Waals surface area (Å²) in [6.45, 7) is 3.07. The third kappa shape index (κ3) is 3.39. The molecule has 7 heteroatoms. The predicted octanol–water partition coefficient (Wildman–Crippen LogP) is 0.593. The van der Waals surface area contributed by atoms with Crippen molar-refractivity contribution in [3.05, 3.63) is 18.2 Å². The number of nitrogens with zero attached hydrogens (tertiary/aromatic N) is 3. The van der Waals surface area contributed by atoms with Crippen LogP contribution in [0.4, 0.5) is 0 Å². The lowest BCUT2D eigenvalue weighted by atomic mass is 10.1. The van der Waals surface area contributed by atoms with Gasteiger partial charge in [-0.3, -0.25) is 4.79 Å². The predicted molar refractivity (Wildman–Crippen MR) is 75.7 cm³/mol. The molecular weight excluding hydrogens is 278 g/mol. The summed E-state index contributed by atoms with van der Waals surface area (Å²) in [6, 6.07) is 0. The highest BCUT2D eigenvalue weighted by Crippen LogP contribution is 2.21. The largest absolute Gasteiger partial charge is 0.337 e. The number of aryl methyl sites for hydroxylation is 1. The molecule has 20 heavy (non-hydrogen) atoms. The van der Waals surface area contributed by atoms with Gasteiger partial charge in [-0.05, 0) is 12.8 Å². The van der Waals surface area contributed by atoms with Crippen LogP contribution in [0.5, 0.6) is 0 Å². The Bertz CT molecular complexity index is 579. The van der Waals surface area contributed by atoms with E-state index in [1.165, 1.54) is 0 Å². The minimum Gasteiger partial charge on any atom is -0.337 e. The molecule has 1 aromatic rings. The standard InChI is InChI=1S/C13H21N3O3S/c1-3-6-16(9-12-14-5-7-15(12)2)13(17)11-4-8-20(18,19)10-11/h5,7,11H,3-4,6,8-10H2,1-2H3. The van der Waals surface area contributed by atoms with Crippen LogP contribution in [-0.4, -0.2) is 46.8 Å². The van der Waals surface area contributed by atoms with Crippen LogP contribution in [0.2, 0.25) is 0 Å². The lowest BCUT2D eigenvalue weighted by Gasteiger charge is -2.24. The Labute approximate surface area is 119 Å². The van der Waals surface area contributed by atoms with Gasteiger partial charge >= 0.3 is 0 Å². The van der Waals surface area contributed by atoms with Crippen LogP contribution in [0.1, 0.15) is 25.6 Å². The van der Waals surface area contributed by atoms with Crippen molar-refractivity contribution in [3.63, 3.8) is 0 Å². The van der Waals surface area contributed by atoms with Crippen molar-refractivity contribution < 1.29 is 13.2 Å². The van der Waals surface area contributed by atoms with Crippen LogP contribution in [-0.2, 0) is 28.2 Å². The second kappa shape index (κ2) is 5.95. The van der Waals surface area contributed by atoms with Gasteiger partial charge in [-0.25, -0.2) is 13.4 Å². The molecule has 1 fully saturated rings. The normalized spacial score (nSPS) is 21.0. The summed E-state index contributed by atoms with van der Waals surface area (Å²) >= 11 is 0. The van der Waals surface area contributed by atoms with Crippen LogP contribution in [0.25, 0.3) is 0 Å². The lowest BCUT2D eigenvalue weighted by Crippen LogP contribution is -2.37. The Kier molecular flexibility index (Phi) is 4.47. The first-order chi connectivity index (χ1) is 9.43. The van der Waals surface area contributed by atoms with Gasteiger partial charge in [0.1, 0.15) is 5.82 Å². The third-order valence-electron chi connectivity index (χ3n) is 3.64. The molecule has 1 atom stereocenters. The van der Waals surface area contributed by atoms with Gasteiger partial charge < -0.3 is 9.47 Å². The van der Waals surface area contributed by atoms with Gasteiger partial charge in [0.2, 0.25) is 5.91 Å². The van der Waals surface area contributed by atoms with Gasteiger partial charge in [0.15, 0.2) is 9.84 Å². The first kappa shape index (κ1) is 15.0. The Morgan fingerprint density at radius 2 is 2.30 bits per heavy atom. The molecule has 0 spiro atoms. The number of amides is 1. The van der Waals surface area contributed by atoms with E-state index in [9.17, 15) is 13.2 Å². The highest BCUT2D eigenvalue weighted by Gasteiger charge is 2.35. The number of aromatic nitrogens is 2. The van der Waals surface area contributed by atoms with Crippen molar-refractivity contribution in [2.45, 2.75) is 26.3 Å². The first-order valence-electron chi connectivity index (χ1n) is 6.88. The number of carbonyl (C=O) groups excluding carboxylic acids is 1. The summed E-state index contributed by atoms with van der Waals surface area (Å²) in [5.74, 6) is 0.494. The molecule has 1 amide bonds. The molecular formula is C13H21N3O3S. The Morgan fingerprint density at radius 1 is 1.55 bits per heavy atom. The number of carbonyl (C=O) groups is 1. The number of hydrogen-bond acceptors (Lipinski definition) is 4. The Hall–Kier alpha value is -1.37. The van der Waals surface area contributed by atoms with E-state index in [1.807, 2.05) is 24.7 Å². The Balaban J connectivity index is 2.08. The van der Waals surface area contributed by atoms with E-state index in [-0.39, 0.29) is 23.3 Å². The van der Waals surface area contributed by atoms with E-state index in [0.717, 1.165) is 12.2 Å². The van der Waals surface area contributed by atoms with Crippen LogP contribution in [0.15, 0.2) is 12.4 Å². The van der Waals surface area contributed by atoms with Crippen molar-refractivity contribution in [2.24, 2.45) is 13.0 Å². The molecule has 0 bridgehead atoms. The quantitative estimate of drug-likeness (QED) is 0.798. The Morgan fingerprint density at radius 3 is 2.80 bits per heavy atom. The molecule has 1 aliphatic rings. The van der Waals surface area contributed by atoms with E-state index in [0.29, 0.717) is 19.5 Å². The SMILES string of the molecule is CCCN(Cc1nccn1C)C(=O)C1CCS(=O)(=O)C1. The summed E-state index contributed by atoms with van der Waals surface area (Å²) in [5, 5.41) is 0. The molecule has 0 saturated carbocycles. The zero-order chi connectivity index (χ0) is 14.8. The smallest absolute Gasteiger partial charge is 0.227 e. The number of imidazole rings is 1. The van der Waals surface area contributed by atoms with E-state index < -0.39 is 9.84 Å². The number of hydrogen-bond donors (Lipinski definition) is 0. The maximum absolute atomic E-state index is 12.5. The highest BCUT2D eigenvalue weighted by molar-refractivity contribution is 7.91. The molecule has 112 valence electrons. The van der Waals surface area contributed by atoms with Crippen molar-refractivity contribution >= 4 is 15.7 Å². The van der Waals surface area contributed by atoms with Gasteiger partial charge in [-0.2, -0.15) is 0 Å². The second-order valence-electron chi connectivity index (χ2n) is 5.31. The molecule has 0 aliphatic carbocycles. The summed E-state index contributed by atoms with van der Waals surface area (Å²) in [4.78, 5) is 18.4. The minimum absolute atomic E-state index is 0.00733. The number of sulfone groups is 1. The molecule has 6 nitrogen and oxygen atoms in total. The topological polar surface area (TPSA) is 72.3 Å². The average molecular weight is 299 g/mol. The lowest BCUT2D eigenvalue weighted by molar-refractivity contribution is -0.135. The molecule has 1 aliphatic heterocycles.